The number of nitrogen functional groups attached to an aromatic ring is 1. The lowest BCUT2D eigenvalue weighted by molar-refractivity contribution is -0.119. The Bertz CT molecular complexity index is 568. The number of rotatable bonds is 4. The summed E-state index contributed by atoms with van der Waals surface area (Å²) in [6.07, 6.45) is 2.87. The van der Waals surface area contributed by atoms with E-state index in [-0.39, 0.29) is 5.91 Å². The van der Waals surface area contributed by atoms with Gasteiger partial charge in [0.2, 0.25) is 5.91 Å². The first kappa shape index (κ1) is 12.9. The van der Waals surface area contributed by atoms with Gasteiger partial charge in [-0.05, 0) is 19.1 Å². The molecule has 19 heavy (non-hydrogen) atoms. The summed E-state index contributed by atoms with van der Waals surface area (Å²) in [7, 11) is 1.56. The minimum atomic E-state index is -0.469. The Hall–Kier alpha value is -2.57. The lowest BCUT2D eigenvalue weighted by atomic mass is 10.2. The normalized spacial score (nSPS) is 11.9. The Labute approximate surface area is 110 Å². The second-order valence-electron chi connectivity index (χ2n) is 3.99. The number of methoxy groups -OCH3 is 1. The van der Waals surface area contributed by atoms with Crippen LogP contribution in [0.25, 0.3) is 0 Å². The second kappa shape index (κ2) is 5.38. The lowest BCUT2D eigenvalue weighted by Gasteiger charge is -2.14. The quantitative estimate of drug-likeness (QED) is 0.803. The number of nitrogens with two attached hydrogens (primary N) is 1. The van der Waals surface area contributed by atoms with Gasteiger partial charge in [0.1, 0.15) is 24.4 Å². The van der Waals surface area contributed by atoms with Gasteiger partial charge in [0, 0.05) is 6.07 Å². The van der Waals surface area contributed by atoms with Crippen LogP contribution in [0.4, 0.5) is 11.4 Å². The number of anilines is 2. The van der Waals surface area contributed by atoms with Gasteiger partial charge in [-0.3, -0.25) is 4.79 Å². The third-order valence-corrected chi connectivity index (χ3v) is 2.73. The number of nitrogens with zero attached hydrogens (tertiary/aromatic N) is 3. The van der Waals surface area contributed by atoms with Crippen molar-refractivity contribution < 1.29 is 9.53 Å². The van der Waals surface area contributed by atoms with Crippen LogP contribution < -0.4 is 15.8 Å². The van der Waals surface area contributed by atoms with E-state index in [2.05, 4.69) is 15.4 Å². The van der Waals surface area contributed by atoms with E-state index in [1.807, 2.05) is 0 Å². The summed E-state index contributed by atoms with van der Waals surface area (Å²) in [5.41, 5.74) is 6.82. The molecule has 0 spiro atoms. The van der Waals surface area contributed by atoms with E-state index in [1.54, 1.807) is 32.2 Å². The molecular formula is C12H15N5O2. The van der Waals surface area contributed by atoms with Crippen LogP contribution >= 0.6 is 0 Å². The van der Waals surface area contributed by atoms with Crippen molar-refractivity contribution >= 4 is 17.3 Å². The highest BCUT2D eigenvalue weighted by molar-refractivity contribution is 5.96. The highest BCUT2D eigenvalue weighted by atomic mass is 16.5. The number of aromatic nitrogens is 3. The van der Waals surface area contributed by atoms with Gasteiger partial charge < -0.3 is 15.8 Å². The second-order valence-corrected chi connectivity index (χ2v) is 3.99. The molecule has 0 aliphatic carbocycles. The molecule has 2 aromatic rings. The zero-order valence-electron chi connectivity index (χ0n) is 10.7. The van der Waals surface area contributed by atoms with Crippen LogP contribution in [0, 0.1) is 0 Å². The van der Waals surface area contributed by atoms with E-state index in [0.717, 1.165) is 0 Å². The van der Waals surface area contributed by atoms with Crippen molar-refractivity contribution in [3.8, 4) is 5.75 Å². The first-order chi connectivity index (χ1) is 9.11. The molecule has 7 nitrogen and oxygen atoms in total. The SMILES string of the molecule is COc1ccc(NC(=O)C(C)n2cncn2)c(N)c1. The molecule has 1 heterocycles. The molecular weight excluding hydrogens is 246 g/mol. The van der Waals surface area contributed by atoms with Crippen LogP contribution in [-0.4, -0.2) is 27.8 Å². The molecule has 0 aliphatic rings. The molecule has 7 heteroatoms. The Morgan fingerprint density at radius 2 is 2.32 bits per heavy atom. The summed E-state index contributed by atoms with van der Waals surface area (Å²) < 4.78 is 6.51. The molecule has 1 aromatic carbocycles. The molecule has 2 rings (SSSR count). The first-order valence-corrected chi connectivity index (χ1v) is 5.70. The van der Waals surface area contributed by atoms with E-state index in [4.69, 9.17) is 10.5 Å². The molecule has 0 saturated carbocycles. The molecule has 1 amide bonds. The molecule has 0 aliphatic heterocycles. The zero-order valence-corrected chi connectivity index (χ0v) is 10.7. The van der Waals surface area contributed by atoms with Gasteiger partial charge in [-0.25, -0.2) is 9.67 Å². The van der Waals surface area contributed by atoms with Gasteiger partial charge in [0.05, 0.1) is 18.5 Å². The molecule has 0 saturated heterocycles. The fourth-order valence-electron chi connectivity index (χ4n) is 1.56. The fraction of sp³-hybridized carbons (Fsp3) is 0.250. The number of nitrogens with one attached hydrogen (secondary N) is 1. The molecule has 100 valence electrons. The van der Waals surface area contributed by atoms with Crippen molar-refractivity contribution in [3.63, 3.8) is 0 Å². The van der Waals surface area contributed by atoms with Gasteiger partial charge in [-0.1, -0.05) is 0 Å². The summed E-state index contributed by atoms with van der Waals surface area (Å²) in [5.74, 6) is 0.419. The van der Waals surface area contributed by atoms with Crippen LogP contribution in [0.2, 0.25) is 0 Å². The number of hydrogen-bond donors (Lipinski definition) is 2. The van der Waals surface area contributed by atoms with E-state index in [9.17, 15) is 4.79 Å². The Morgan fingerprint density at radius 3 is 2.89 bits per heavy atom. The predicted octanol–water partition coefficient (Wildman–Crippen LogP) is 1.07. The molecule has 0 bridgehead atoms. The first-order valence-electron chi connectivity index (χ1n) is 5.70. The molecule has 0 fully saturated rings. The average Bonchev–Trinajstić information content (AvgIpc) is 2.94. The van der Waals surface area contributed by atoms with Crippen molar-refractivity contribution in [2.24, 2.45) is 0 Å². The topological polar surface area (TPSA) is 95.1 Å². The van der Waals surface area contributed by atoms with Gasteiger partial charge in [0.15, 0.2) is 0 Å². The average molecular weight is 261 g/mol. The maximum Gasteiger partial charge on any atom is 0.249 e. The smallest absolute Gasteiger partial charge is 0.249 e. The molecule has 1 unspecified atom stereocenters. The highest BCUT2D eigenvalue weighted by Gasteiger charge is 2.16. The van der Waals surface area contributed by atoms with Gasteiger partial charge in [0.25, 0.3) is 0 Å². The van der Waals surface area contributed by atoms with Crippen LogP contribution in [0.15, 0.2) is 30.9 Å². The third kappa shape index (κ3) is 2.82. The van der Waals surface area contributed by atoms with E-state index < -0.39 is 6.04 Å². The number of carbonyl (C=O) groups excluding carboxylic acids is 1. The van der Waals surface area contributed by atoms with Gasteiger partial charge >= 0.3 is 0 Å². The van der Waals surface area contributed by atoms with Crippen LogP contribution in [-0.2, 0) is 4.79 Å². The van der Waals surface area contributed by atoms with Crippen molar-refractivity contribution in [2.45, 2.75) is 13.0 Å². The number of amides is 1. The fourth-order valence-corrected chi connectivity index (χ4v) is 1.56. The highest BCUT2D eigenvalue weighted by Crippen LogP contribution is 2.24. The third-order valence-electron chi connectivity index (χ3n) is 2.73. The summed E-state index contributed by atoms with van der Waals surface area (Å²) in [6.45, 7) is 1.73. The predicted molar refractivity (Wildman–Crippen MR) is 70.8 cm³/mol. The van der Waals surface area contributed by atoms with Crippen LogP contribution in [0.5, 0.6) is 5.75 Å². The van der Waals surface area contributed by atoms with Crippen molar-refractivity contribution in [2.75, 3.05) is 18.2 Å². The molecule has 1 atom stereocenters. The summed E-state index contributed by atoms with van der Waals surface area (Å²) in [4.78, 5) is 15.8. The number of carbonyl (C=O) groups is 1. The monoisotopic (exact) mass is 261 g/mol. The largest absolute Gasteiger partial charge is 0.497 e. The minimum Gasteiger partial charge on any atom is -0.497 e. The van der Waals surface area contributed by atoms with E-state index in [1.165, 1.54) is 17.3 Å². The summed E-state index contributed by atoms with van der Waals surface area (Å²) in [5, 5.41) is 6.66. The van der Waals surface area contributed by atoms with E-state index >= 15 is 0 Å². The molecule has 0 radical (unpaired) electrons. The Kier molecular flexibility index (Phi) is 3.65. The van der Waals surface area contributed by atoms with Gasteiger partial charge in [-0.15, -0.1) is 0 Å². The Morgan fingerprint density at radius 1 is 1.53 bits per heavy atom. The van der Waals surface area contributed by atoms with Crippen LogP contribution in [0.1, 0.15) is 13.0 Å². The van der Waals surface area contributed by atoms with Crippen molar-refractivity contribution in [1.82, 2.24) is 14.8 Å². The number of benzene rings is 1. The zero-order chi connectivity index (χ0) is 13.8. The molecule has 1 aromatic heterocycles. The van der Waals surface area contributed by atoms with Gasteiger partial charge in [-0.2, -0.15) is 5.10 Å². The number of ether oxygens (including phenoxy) is 1. The summed E-state index contributed by atoms with van der Waals surface area (Å²) in [6, 6.07) is 4.60. The van der Waals surface area contributed by atoms with Crippen molar-refractivity contribution in [3.05, 3.63) is 30.9 Å². The minimum absolute atomic E-state index is 0.220. The summed E-state index contributed by atoms with van der Waals surface area (Å²) >= 11 is 0. The molecule has 3 N–H and O–H groups in total. The maximum absolute atomic E-state index is 12.0. The van der Waals surface area contributed by atoms with Crippen LogP contribution in [0.3, 0.4) is 0 Å². The lowest BCUT2D eigenvalue weighted by Crippen LogP contribution is -2.24. The van der Waals surface area contributed by atoms with Crippen molar-refractivity contribution in [1.29, 1.82) is 0 Å². The maximum atomic E-state index is 12.0. The Balaban J connectivity index is 2.11. The standard InChI is InChI=1S/C12H15N5O2/c1-8(17-7-14-6-15-17)12(18)16-11-4-3-9(19-2)5-10(11)13/h3-8H,13H2,1-2H3,(H,16,18). The number of hydrogen-bond acceptors (Lipinski definition) is 5. The van der Waals surface area contributed by atoms with E-state index in [0.29, 0.717) is 17.1 Å².